The second-order valence-electron chi connectivity index (χ2n) is 6.47. The van der Waals surface area contributed by atoms with Crippen molar-refractivity contribution in [1.82, 2.24) is 4.98 Å². The summed E-state index contributed by atoms with van der Waals surface area (Å²) in [6.07, 6.45) is 1.80. The maximum absolute atomic E-state index is 12.6. The van der Waals surface area contributed by atoms with Gasteiger partial charge in [-0.3, -0.25) is 4.79 Å². The molecule has 7 nitrogen and oxygen atoms in total. The average molecular weight is 370 g/mol. The molecule has 0 atom stereocenters. The van der Waals surface area contributed by atoms with Gasteiger partial charge >= 0.3 is 11.9 Å². The van der Waals surface area contributed by atoms with Crippen LogP contribution in [0.25, 0.3) is 0 Å². The molecule has 0 fully saturated rings. The zero-order chi connectivity index (χ0) is 19.6. The van der Waals surface area contributed by atoms with Crippen molar-refractivity contribution in [2.75, 3.05) is 25.2 Å². The SMILES string of the molecule is COC(=O)c1c(C)[nH]c(C(=O)OCC(=O)N2CCCc3ccccc32)c1C. The molecule has 1 aromatic heterocycles. The van der Waals surface area contributed by atoms with Gasteiger partial charge in [-0.2, -0.15) is 0 Å². The number of nitrogens with zero attached hydrogens (tertiary/aromatic N) is 1. The molecule has 1 aliphatic rings. The fourth-order valence-electron chi connectivity index (χ4n) is 3.43. The van der Waals surface area contributed by atoms with Gasteiger partial charge in [0.1, 0.15) is 5.69 Å². The summed E-state index contributed by atoms with van der Waals surface area (Å²) in [7, 11) is 1.28. The molecule has 7 heteroatoms. The van der Waals surface area contributed by atoms with E-state index in [1.54, 1.807) is 18.7 Å². The molecule has 0 saturated carbocycles. The number of aromatic amines is 1. The molecule has 2 heterocycles. The molecule has 0 aliphatic carbocycles. The van der Waals surface area contributed by atoms with Gasteiger partial charge in [0, 0.05) is 17.9 Å². The summed E-state index contributed by atoms with van der Waals surface area (Å²) in [6.45, 7) is 3.54. The van der Waals surface area contributed by atoms with Crippen LogP contribution in [0.4, 0.5) is 5.69 Å². The smallest absolute Gasteiger partial charge is 0.355 e. The highest BCUT2D eigenvalue weighted by atomic mass is 16.5. The standard InChI is InChI=1S/C20H22N2O5/c1-12-17(19(24)26-3)13(2)21-18(12)20(25)27-11-16(23)22-10-6-8-14-7-4-5-9-15(14)22/h4-5,7,9,21H,6,8,10-11H2,1-3H3. The van der Waals surface area contributed by atoms with Crippen LogP contribution in [0.5, 0.6) is 0 Å². The molecule has 1 aliphatic heterocycles. The average Bonchev–Trinajstić information content (AvgIpc) is 2.99. The molecule has 1 N–H and O–H groups in total. The van der Waals surface area contributed by atoms with Crippen LogP contribution < -0.4 is 4.90 Å². The number of carbonyl (C=O) groups excluding carboxylic acids is 3. The van der Waals surface area contributed by atoms with Crippen LogP contribution in [0.15, 0.2) is 24.3 Å². The summed E-state index contributed by atoms with van der Waals surface area (Å²) in [4.78, 5) is 41.3. The predicted molar refractivity (Wildman–Crippen MR) is 99.0 cm³/mol. The minimum Gasteiger partial charge on any atom is -0.465 e. The number of fused-ring (bicyclic) bond motifs is 1. The Morgan fingerprint density at radius 2 is 1.89 bits per heavy atom. The van der Waals surface area contributed by atoms with Crippen molar-refractivity contribution in [3.05, 3.63) is 52.3 Å². The first-order valence-corrected chi connectivity index (χ1v) is 8.77. The van der Waals surface area contributed by atoms with Gasteiger partial charge in [-0.1, -0.05) is 18.2 Å². The van der Waals surface area contributed by atoms with Gasteiger partial charge in [0.2, 0.25) is 0 Å². The lowest BCUT2D eigenvalue weighted by atomic mass is 10.0. The topological polar surface area (TPSA) is 88.7 Å². The van der Waals surface area contributed by atoms with E-state index in [-0.39, 0.29) is 18.2 Å². The molecule has 0 radical (unpaired) electrons. The summed E-state index contributed by atoms with van der Waals surface area (Å²) in [5.41, 5.74) is 3.40. The van der Waals surface area contributed by atoms with Crippen LogP contribution in [-0.4, -0.2) is 43.1 Å². The Bertz CT molecular complexity index is 900. The summed E-state index contributed by atoms with van der Waals surface area (Å²) in [6, 6.07) is 7.73. The molecular weight excluding hydrogens is 348 g/mol. The largest absolute Gasteiger partial charge is 0.465 e. The van der Waals surface area contributed by atoms with E-state index in [4.69, 9.17) is 9.47 Å². The van der Waals surface area contributed by atoms with Crippen molar-refractivity contribution < 1.29 is 23.9 Å². The van der Waals surface area contributed by atoms with Gasteiger partial charge in [-0.15, -0.1) is 0 Å². The number of ether oxygens (including phenoxy) is 2. The minimum atomic E-state index is -0.676. The van der Waals surface area contributed by atoms with Gasteiger partial charge in [0.25, 0.3) is 5.91 Å². The molecule has 0 unspecified atom stereocenters. The quantitative estimate of drug-likeness (QED) is 0.836. The Labute approximate surface area is 157 Å². The predicted octanol–water partition coefficient (Wildman–Crippen LogP) is 2.55. The number of benzene rings is 1. The van der Waals surface area contributed by atoms with Crippen LogP contribution in [0.1, 0.15) is 44.1 Å². The number of nitrogens with one attached hydrogen (secondary N) is 1. The highest BCUT2D eigenvalue weighted by Crippen LogP contribution is 2.27. The van der Waals surface area contributed by atoms with Crippen LogP contribution in [-0.2, 0) is 20.7 Å². The van der Waals surface area contributed by atoms with E-state index < -0.39 is 11.9 Å². The Morgan fingerprint density at radius 1 is 1.15 bits per heavy atom. The zero-order valence-electron chi connectivity index (χ0n) is 15.6. The number of hydrogen-bond donors (Lipinski definition) is 1. The maximum atomic E-state index is 12.6. The first-order valence-electron chi connectivity index (χ1n) is 8.77. The summed E-state index contributed by atoms with van der Waals surface area (Å²) in [5.74, 6) is -1.48. The Balaban J connectivity index is 1.70. The highest BCUT2D eigenvalue weighted by Gasteiger charge is 2.26. The summed E-state index contributed by atoms with van der Waals surface area (Å²) < 4.78 is 9.94. The molecular formula is C20H22N2O5. The van der Waals surface area contributed by atoms with Gasteiger partial charge in [0.05, 0.1) is 12.7 Å². The molecule has 1 aromatic carbocycles. The van der Waals surface area contributed by atoms with Crippen LogP contribution in [0, 0.1) is 13.8 Å². The number of aromatic nitrogens is 1. The van der Waals surface area contributed by atoms with E-state index in [1.807, 2.05) is 24.3 Å². The van der Waals surface area contributed by atoms with Gasteiger partial charge in [0.15, 0.2) is 6.61 Å². The van der Waals surface area contributed by atoms with E-state index in [1.165, 1.54) is 7.11 Å². The Morgan fingerprint density at radius 3 is 2.63 bits per heavy atom. The molecule has 0 spiro atoms. The molecule has 0 saturated heterocycles. The van der Waals surface area contributed by atoms with Crippen molar-refractivity contribution in [3.63, 3.8) is 0 Å². The second kappa shape index (κ2) is 7.65. The summed E-state index contributed by atoms with van der Waals surface area (Å²) >= 11 is 0. The molecule has 0 bridgehead atoms. The van der Waals surface area contributed by atoms with Gasteiger partial charge < -0.3 is 19.4 Å². The van der Waals surface area contributed by atoms with Crippen molar-refractivity contribution in [3.8, 4) is 0 Å². The maximum Gasteiger partial charge on any atom is 0.355 e. The van der Waals surface area contributed by atoms with Gasteiger partial charge in [-0.25, -0.2) is 9.59 Å². The molecule has 142 valence electrons. The highest BCUT2D eigenvalue weighted by molar-refractivity contribution is 6.00. The van der Waals surface area contributed by atoms with E-state index in [2.05, 4.69) is 4.98 Å². The lowest BCUT2D eigenvalue weighted by Crippen LogP contribution is -2.38. The monoisotopic (exact) mass is 370 g/mol. The first kappa shape index (κ1) is 18.7. The van der Waals surface area contributed by atoms with Gasteiger partial charge in [-0.05, 0) is 43.9 Å². The van der Waals surface area contributed by atoms with Crippen LogP contribution >= 0.6 is 0 Å². The lowest BCUT2D eigenvalue weighted by molar-refractivity contribution is -0.121. The number of aryl methyl sites for hydroxylation is 2. The number of para-hydroxylation sites is 1. The number of rotatable bonds is 4. The molecule has 2 aromatic rings. The number of carbonyl (C=O) groups is 3. The minimum absolute atomic E-state index is 0.153. The van der Waals surface area contributed by atoms with Crippen molar-refractivity contribution in [2.45, 2.75) is 26.7 Å². The third-order valence-corrected chi connectivity index (χ3v) is 4.77. The lowest BCUT2D eigenvalue weighted by Gasteiger charge is -2.29. The number of amides is 1. The fraction of sp³-hybridized carbons (Fsp3) is 0.350. The third kappa shape index (κ3) is 3.58. The van der Waals surface area contributed by atoms with E-state index in [9.17, 15) is 14.4 Å². The van der Waals surface area contributed by atoms with Crippen molar-refractivity contribution in [1.29, 1.82) is 0 Å². The molecule has 27 heavy (non-hydrogen) atoms. The van der Waals surface area contributed by atoms with E-state index in [0.717, 1.165) is 24.1 Å². The van der Waals surface area contributed by atoms with Crippen LogP contribution in [0.3, 0.4) is 0 Å². The Hall–Kier alpha value is -3.09. The van der Waals surface area contributed by atoms with E-state index >= 15 is 0 Å². The van der Waals surface area contributed by atoms with Crippen molar-refractivity contribution >= 4 is 23.5 Å². The van der Waals surface area contributed by atoms with E-state index in [0.29, 0.717) is 23.4 Å². The zero-order valence-corrected chi connectivity index (χ0v) is 15.6. The number of H-pyrrole nitrogens is 1. The third-order valence-electron chi connectivity index (χ3n) is 4.77. The number of methoxy groups -OCH3 is 1. The summed E-state index contributed by atoms with van der Waals surface area (Å²) in [5, 5.41) is 0. The normalized spacial score (nSPS) is 13.1. The first-order chi connectivity index (χ1) is 12.9. The fourth-order valence-corrected chi connectivity index (χ4v) is 3.43. The Kier molecular flexibility index (Phi) is 5.30. The second-order valence-corrected chi connectivity index (χ2v) is 6.47. The molecule has 3 rings (SSSR count). The molecule has 1 amide bonds. The van der Waals surface area contributed by atoms with Crippen LogP contribution in [0.2, 0.25) is 0 Å². The number of hydrogen-bond acceptors (Lipinski definition) is 5. The number of esters is 2. The number of anilines is 1. The van der Waals surface area contributed by atoms with Crippen molar-refractivity contribution in [2.24, 2.45) is 0 Å².